The molecule has 2 aromatic heterocycles. The number of sulfonamides is 1. The summed E-state index contributed by atoms with van der Waals surface area (Å²) in [6, 6.07) is 3.39. The molecule has 8 nitrogen and oxygen atoms in total. The maximum absolute atomic E-state index is 15.1. The first-order valence-corrected chi connectivity index (χ1v) is 11.7. The second kappa shape index (κ2) is 9.49. The van der Waals surface area contributed by atoms with Crippen molar-refractivity contribution < 1.29 is 22.0 Å². The van der Waals surface area contributed by atoms with Crippen LogP contribution in [0.15, 0.2) is 36.7 Å². The van der Waals surface area contributed by atoms with Gasteiger partial charge in [0.15, 0.2) is 5.82 Å². The molecule has 3 rings (SSSR count). The van der Waals surface area contributed by atoms with Crippen LogP contribution in [-0.2, 0) is 10.0 Å². The summed E-state index contributed by atoms with van der Waals surface area (Å²) in [4.78, 5) is 20.2. The number of allylic oxidation sites excluding steroid dienone is 1. The number of halogens is 2. The summed E-state index contributed by atoms with van der Waals surface area (Å²) in [7, 11) is -2.18. The van der Waals surface area contributed by atoms with Gasteiger partial charge in [0.2, 0.25) is 15.8 Å². The molecule has 174 valence electrons. The molecule has 0 radical (unpaired) electrons. The quantitative estimate of drug-likeness (QED) is 0.276. The highest BCUT2D eigenvalue weighted by molar-refractivity contribution is 7.92. The standard InChI is InChI=1S/C22H23F2N5O3S/c1-4-7-33(31,32)29-17-6-5-16(23)19(20(17)24)21(30)15-11-28-22-14(15)9-13(10-27-22)18(26-3)8-12(2)25/h5-6,8-11,25-26,29H,4,7H2,1-3H3,(H,27,28)/b18-8-,25-12?. The van der Waals surface area contributed by atoms with Crippen molar-refractivity contribution in [2.45, 2.75) is 20.3 Å². The van der Waals surface area contributed by atoms with E-state index in [9.17, 15) is 17.6 Å². The molecule has 0 atom stereocenters. The Hall–Kier alpha value is -3.60. The molecule has 0 unspecified atom stereocenters. The summed E-state index contributed by atoms with van der Waals surface area (Å²) in [6.07, 6.45) is 4.70. The predicted molar refractivity (Wildman–Crippen MR) is 124 cm³/mol. The third-order valence-corrected chi connectivity index (χ3v) is 6.25. The Kier molecular flexibility index (Phi) is 6.92. The first-order chi connectivity index (χ1) is 15.6. The van der Waals surface area contributed by atoms with Crippen LogP contribution in [0.5, 0.6) is 0 Å². The van der Waals surface area contributed by atoms with E-state index < -0.39 is 38.7 Å². The van der Waals surface area contributed by atoms with Crippen LogP contribution in [0.3, 0.4) is 0 Å². The normalized spacial score (nSPS) is 12.1. The van der Waals surface area contributed by atoms with Gasteiger partial charge in [0.05, 0.1) is 17.0 Å². The van der Waals surface area contributed by atoms with Gasteiger partial charge in [-0.1, -0.05) is 6.92 Å². The van der Waals surface area contributed by atoms with E-state index in [2.05, 4.69) is 20.0 Å². The van der Waals surface area contributed by atoms with Crippen molar-refractivity contribution in [3.05, 3.63) is 65.0 Å². The van der Waals surface area contributed by atoms with E-state index in [0.717, 1.165) is 12.1 Å². The van der Waals surface area contributed by atoms with Gasteiger partial charge in [0.1, 0.15) is 11.5 Å². The zero-order chi connectivity index (χ0) is 24.3. The highest BCUT2D eigenvalue weighted by atomic mass is 32.2. The summed E-state index contributed by atoms with van der Waals surface area (Å²) in [5, 5.41) is 10.9. The molecule has 1 aromatic carbocycles. The van der Waals surface area contributed by atoms with Crippen LogP contribution in [0.2, 0.25) is 0 Å². The van der Waals surface area contributed by atoms with Gasteiger partial charge in [0, 0.05) is 47.4 Å². The number of benzene rings is 1. The average Bonchev–Trinajstić information content (AvgIpc) is 3.17. The molecule has 0 fully saturated rings. The van der Waals surface area contributed by atoms with Crippen molar-refractivity contribution in [2.75, 3.05) is 17.5 Å². The minimum Gasteiger partial charge on any atom is -0.388 e. The molecular weight excluding hydrogens is 452 g/mol. The van der Waals surface area contributed by atoms with Crippen molar-refractivity contribution in [1.82, 2.24) is 15.3 Å². The van der Waals surface area contributed by atoms with Gasteiger partial charge in [-0.05, 0) is 37.6 Å². The molecule has 0 aliphatic rings. The minimum atomic E-state index is -3.85. The van der Waals surface area contributed by atoms with E-state index in [1.807, 2.05) is 0 Å². The molecule has 0 saturated carbocycles. The van der Waals surface area contributed by atoms with Crippen LogP contribution in [-0.4, -0.2) is 42.7 Å². The molecule has 2 heterocycles. The number of aromatic amines is 1. The molecule has 0 aliphatic heterocycles. The number of nitrogens with zero attached hydrogens (tertiary/aromatic N) is 1. The summed E-state index contributed by atoms with van der Waals surface area (Å²) in [5.74, 6) is -3.64. The summed E-state index contributed by atoms with van der Waals surface area (Å²) in [5.41, 5.74) is 0.327. The number of carbonyl (C=O) groups is 1. The molecule has 0 bridgehead atoms. The SMILES string of the molecule is CCCS(=O)(=O)Nc1ccc(F)c(C(=O)c2c[nH]c3ncc(/C(=C/C(C)=N)NC)cc23)c1F. The van der Waals surface area contributed by atoms with Crippen LogP contribution in [0, 0.1) is 17.0 Å². The molecule has 11 heteroatoms. The third-order valence-electron chi connectivity index (χ3n) is 4.77. The largest absolute Gasteiger partial charge is 0.388 e. The number of anilines is 1. The van der Waals surface area contributed by atoms with E-state index in [1.165, 1.54) is 12.4 Å². The Labute approximate surface area is 189 Å². The van der Waals surface area contributed by atoms with Gasteiger partial charge in [-0.15, -0.1) is 0 Å². The lowest BCUT2D eigenvalue weighted by Crippen LogP contribution is -2.18. The zero-order valence-corrected chi connectivity index (χ0v) is 19.0. The van der Waals surface area contributed by atoms with Crippen molar-refractivity contribution in [3.63, 3.8) is 0 Å². The molecule has 0 spiro atoms. The average molecular weight is 476 g/mol. The van der Waals surface area contributed by atoms with Gasteiger partial charge >= 0.3 is 0 Å². The van der Waals surface area contributed by atoms with E-state index in [1.54, 1.807) is 33.0 Å². The van der Waals surface area contributed by atoms with E-state index >= 15 is 4.39 Å². The Bertz CT molecular complexity index is 1380. The number of hydrogen-bond donors (Lipinski definition) is 4. The summed E-state index contributed by atoms with van der Waals surface area (Å²) < 4.78 is 55.8. The van der Waals surface area contributed by atoms with Crippen LogP contribution in [0.1, 0.15) is 41.8 Å². The summed E-state index contributed by atoms with van der Waals surface area (Å²) in [6.45, 7) is 3.24. The fraction of sp³-hybridized carbons (Fsp3) is 0.227. The number of hydrogen-bond acceptors (Lipinski definition) is 6. The topological polar surface area (TPSA) is 128 Å². The molecule has 0 aliphatic carbocycles. The number of H-pyrrole nitrogens is 1. The van der Waals surface area contributed by atoms with Crippen LogP contribution in [0.4, 0.5) is 14.5 Å². The molecule has 0 amide bonds. The Morgan fingerprint density at radius 1 is 1.30 bits per heavy atom. The lowest BCUT2D eigenvalue weighted by atomic mass is 10.0. The van der Waals surface area contributed by atoms with E-state index in [-0.39, 0.29) is 17.0 Å². The fourth-order valence-corrected chi connectivity index (χ4v) is 4.45. The van der Waals surface area contributed by atoms with E-state index in [0.29, 0.717) is 28.7 Å². The van der Waals surface area contributed by atoms with Gasteiger partial charge < -0.3 is 15.7 Å². The number of fused-ring (bicyclic) bond motifs is 1. The van der Waals surface area contributed by atoms with Gasteiger partial charge in [-0.2, -0.15) is 0 Å². The maximum atomic E-state index is 15.1. The van der Waals surface area contributed by atoms with Gasteiger partial charge in [-0.25, -0.2) is 22.2 Å². The second-order valence-electron chi connectivity index (χ2n) is 7.35. The minimum absolute atomic E-state index is 0.0345. The number of carbonyl (C=O) groups excluding carboxylic acids is 1. The van der Waals surface area contributed by atoms with Gasteiger partial charge in [0.25, 0.3) is 0 Å². The second-order valence-corrected chi connectivity index (χ2v) is 9.19. The number of ketones is 1. The first-order valence-electron chi connectivity index (χ1n) is 10.0. The Balaban J connectivity index is 2.10. The van der Waals surface area contributed by atoms with Crippen molar-refractivity contribution in [3.8, 4) is 0 Å². The number of aromatic nitrogens is 2. The molecule has 0 saturated heterocycles. The summed E-state index contributed by atoms with van der Waals surface area (Å²) >= 11 is 0. The van der Waals surface area contributed by atoms with Gasteiger partial charge in [-0.3, -0.25) is 9.52 Å². The van der Waals surface area contributed by atoms with Crippen molar-refractivity contribution >= 4 is 43.9 Å². The molecule has 33 heavy (non-hydrogen) atoms. The van der Waals surface area contributed by atoms with Crippen LogP contribution in [0.25, 0.3) is 16.7 Å². The zero-order valence-electron chi connectivity index (χ0n) is 18.2. The molecular formula is C22H23F2N5O3S. The number of nitrogens with one attached hydrogen (secondary N) is 4. The molecule has 4 N–H and O–H groups in total. The Morgan fingerprint density at radius 2 is 2.03 bits per heavy atom. The lowest BCUT2D eigenvalue weighted by Gasteiger charge is -2.11. The smallest absolute Gasteiger partial charge is 0.232 e. The number of pyridine rings is 1. The molecule has 3 aromatic rings. The highest BCUT2D eigenvalue weighted by Crippen LogP contribution is 2.28. The number of rotatable bonds is 9. The monoisotopic (exact) mass is 475 g/mol. The fourth-order valence-electron chi connectivity index (χ4n) is 3.32. The third kappa shape index (κ3) is 5.08. The van der Waals surface area contributed by atoms with Crippen molar-refractivity contribution in [1.29, 1.82) is 5.41 Å². The predicted octanol–water partition coefficient (Wildman–Crippen LogP) is 3.82. The van der Waals surface area contributed by atoms with Crippen molar-refractivity contribution in [2.24, 2.45) is 0 Å². The lowest BCUT2D eigenvalue weighted by molar-refractivity contribution is 0.103. The Morgan fingerprint density at radius 3 is 2.67 bits per heavy atom. The van der Waals surface area contributed by atoms with E-state index in [4.69, 9.17) is 5.41 Å². The first kappa shape index (κ1) is 24.1. The highest BCUT2D eigenvalue weighted by Gasteiger charge is 2.26. The van der Waals surface area contributed by atoms with Crippen LogP contribution < -0.4 is 10.0 Å². The van der Waals surface area contributed by atoms with Crippen LogP contribution >= 0.6 is 0 Å². The maximum Gasteiger partial charge on any atom is 0.232 e.